The number of aromatic hydroxyl groups is 1. The van der Waals surface area contributed by atoms with Crippen LogP contribution in [0.5, 0.6) is 5.75 Å². The minimum absolute atomic E-state index is 0.117. The Kier molecular flexibility index (Phi) is 6.41. The zero-order chi connectivity index (χ0) is 20.7. The highest BCUT2D eigenvalue weighted by atomic mass is 16.6. The molecule has 1 aliphatic heterocycles. The molecule has 28 heavy (non-hydrogen) atoms. The quantitative estimate of drug-likeness (QED) is 0.522. The van der Waals surface area contributed by atoms with Crippen LogP contribution in [0, 0.1) is 10.1 Å². The predicted molar refractivity (Wildman–Crippen MR) is 93.4 cm³/mol. The molecular formula is C16H15N5O7. The molecule has 2 amide bonds. The van der Waals surface area contributed by atoms with Crippen LogP contribution in [0.15, 0.2) is 64.9 Å². The minimum Gasteiger partial charge on any atom is -0.508 e. The van der Waals surface area contributed by atoms with Gasteiger partial charge in [-0.05, 0) is 35.1 Å². The van der Waals surface area contributed by atoms with Gasteiger partial charge in [-0.15, -0.1) is 0 Å². The van der Waals surface area contributed by atoms with Crippen molar-refractivity contribution in [3.05, 3.63) is 70.3 Å². The molecule has 12 heteroatoms. The van der Waals surface area contributed by atoms with E-state index in [1.807, 2.05) is 6.07 Å². The number of hydrogen-bond acceptors (Lipinski definition) is 7. The zero-order valence-electron chi connectivity index (χ0n) is 14.2. The van der Waals surface area contributed by atoms with E-state index in [1.165, 1.54) is 24.3 Å². The Labute approximate surface area is 157 Å². The van der Waals surface area contributed by atoms with Crippen LogP contribution < -0.4 is 0 Å². The summed E-state index contributed by atoms with van der Waals surface area (Å²) in [5.41, 5.74) is 0.370. The SMILES string of the molecule is O=C(O)N1CC(c2ccc([N+](=O)[O-])cc2)N=NN1C(=O)O.Oc1ccccc1. The van der Waals surface area contributed by atoms with Crippen molar-refractivity contribution in [1.82, 2.24) is 10.1 Å². The van der Waals surface area contributed by atoms with Gasteiger partial charge in [-0.3, -0.25) is 10.1 Å². The van der Waals surface area contributed by atoms with Crippen molar-refractivity contribution < 1.29 is 29.8 Å². The molecule has 3 rings (SSSR count). The summed E-state index contributed by atoms with van der Waals surface area (Å²) in [4.78, 5) is 31.8. The summed E-state index contributed by atoms with van der Waals surface area (Å²) >= 11 is 0. The van der Waals surface area contributed by atoms with Gasteiger partial charge < -0.3 is 15.3 Å². The highest BCUT2D eigenvalue weighted by Crippen LogP contribution is 2.26. The van der Waals surface area contributed by atoms with Gasteiger partial charge in [0, 0.05) is 12.1 Å². The van der Waals surface area contributed by atoms with Crippen LogP contribution in [0.25, 0.3) is 0 Å². The molecule has 146 valence electrons. The number of hydrogen-bond donors (Lipinski definition) is 3. The summed E-state index contributed by atoms with van der Waals surface area (Å²) in [6.07, 6.45) is -3.08. The number of nitro groups is 1. The van der Waals surface area contributed by atoms with Crippen molar-refractivity contribution in [2.45, 2.75) is 6.04 Å². The number of amides is 2. The molecule has 3 N–H and O–H groups in total. The monoisotopic (exact) mass is 389 g/mol. The topological polar surface area (TPSA) is 169 Å². The maximum absolute atomic E-state index is 11.0. The molecule has 0 saturated carbocycles. The molecule has 1 heterocycles. The molecule has 0 aromatic heterocycles. The van der Waals surface area contributed by atoms with Gasteiger partial charge in [-0.2, -0.15) is 10.1 Å². The Morgan fingerprint density at radius 1 is 1.04 bits per heavy atom. The van der Waals surface area contributed by atoms with Crippen LogP contribution in [0.3, 0.4) is 0 Å². The first-order chi connectivity index (χ1) is 13.3. The number of carbonyl (C=O) groups is 2. The fourth-order valence-corrected chi connectivity index (χ4v) is 2.16. The maximum Gasteiger partial charge on any atom is 0.449 e. The van der Waals surface area contributed by atoms with Crippen molar-refractivity contribution in [1.29, 1.82) is 0 Å². The second-order valence-corrected chi connectivity index (χ2v) is 5.34. The van der Waals surface area contributed by atoms with Crippen LogP contribution in [-0.4, -0.2) is 49.1 Å². The van der Waals surface area contributed by atoms with E-state index in [0.717, 1.165) is 0 Å². The molecule has 0 saturated heterocycles. The van der Waals surface area contributed by atoms with E-state index in [-0.39, 0.29) is 17.4 Å². The number of benzene rings is 2. The van der Waals surface area contributed by atoms with E-state index >= 15 is 0 Å². The van der Waals surface area contributed by atoms with Gasteiger partial charge in [0.25, 0.3) is 5.69 Å². The average Bonchev–Trinajstić information content (AvgIpc) is 2.68. The van der Waals surface area contributed by atoms with Crippen molar-refractivity contribution >= 4 is 17.9 Å². The van der Waals surface area contributed by atoms with Crippen molar-refractivity contribution in [2.75, 3.05) is 6.54 Å². The molecule has 2 aromatic rings. The first kappa shape index (κ1) is 20.1. The van der Waals surface area contributed by atoms with E-state index in [2.05, 4.69) is 10.3 Å². The van der Waals surface area contributed by atoms with Gasteiger partial charge in [0.15, 0.2) is 0 Å². The first-order valence-corrected chi connectivity index (χ1v) is 7.72. The minimum atomic E-state index is -1.58. The normalized spacial score (nSPS) is 15.4. The van der Waals surface area contributed by atoms with Gasteiger partial charge >= 0.3 is 12.2 Å². The lowest BCUT2D eigenvalue weighted by Crippen LogP contribution is -2.49. The van der Waals surface area contributed by atoms with E-state index in [1.54, 1.807) is 24.3 Å². The summed E-state index contributed by atoms with van der Waals surface area (Å²) in [6.45, 7) is -0.261. The number of nitro benzene ring substituents is 1. The molecule has 0 aliphatic carbocycles. The third kappa shape index (κ3) is 5.14. The molecule has 0 bridgehead atoms. The number of phenolic OH excluding ortho intramolecular Hbond substituents is 1. The van der Waals surface area contributed by atoms with Crippen molar-refractivity contribution in [2.24, 2.45) is 10.3 Å². The van der Waals surface area contributed by atoms with Crippen LogP contribution in [0.1, 0.15) is 11.6 Å². The Hall–Kier alpha value is -4.22. The summed E-state index contributed by atoms with van der Waals surface area (Å²) in [7, 11) is 0. The van der Waals surface area contributed by atoms with E-state index < -0.39 is 23.2 Å². The van der Waals surface area contributed by atoms with Gasteiger partial charge in [0.05, 0.1) is 11.5 Å². The molecule has 12 nitrogen and oxygen atoms in total. The molecular weight excluding hydrogens is 374 g/mol. The second kappa shape index (κ2) is 8.93. The fourth-order valence-electron chi connectivity index (χ4n) is 2.16. The third-order valence-corrected chi connectivity index (χ3v) is 3.49. The molecule has 1 aliphatic rings. The lowest BCUT2D eigenvalue weighted by Gasteiger charge is -2.30. The number of rotatable bonds is 2. The number of non-ortho nitro benzene ring substituents is 1. The summed E-state index contributed by atoms with van der Waals surface area (Å²) < 4.78 is 0. The molecule has 0 radical (unpaired) electrons. The Balaban J connectivity index is 0.000000336. The highest BCUT2D eigenvalue weighted by Gasteiger charge is 2.33. The van der Waals surface area contributed by atoms with Gasteiger partial charge in [0.1, 0.15) is 11.8 Å². The van der Waals surface area contributed by atoms with E-state index in [4.69, 9.17) is 15.3 Å². The molecule has 2 aromatic carbocycles. The van der Waals surface area contributed by atoms with Crippen LogP contribution in [0.2, 0.25) is 0 Å². The van der Waals surface area contributed by atoms with Crippen LogP contribution >= 0.6 is 0 Å². The lowest BCUT2D eigenvalue weighted by atomic mass is 10.1. The third-order valence-electron chi connectivity index (χ3n) is 3.49. The number of carboxylic acid groups (broad SMARTS) is 2. The van der Waals surface area contributed by atoms with E-state index in [0.29, 0.717) is 16.3 Å². The zero-order valence-corrected chi connectivity index (χ0v) is 14.2. The predicted octanol–water partition coefficient (Wildman–Crippen LogP) is 3.28. The number of hydrazine groups is 1. The van der Waals surface area contributed by atoms with Gasteiger partial charge in [0.2, 0.25) is 0 Å². The van der Waals surface area contributed by atoms with Crippen LogP contribution in [-0.2, 0) is 0 Å². The Bertz CT molecular complexity index is 873. The second-order valence-electron chi connectivity index (χ2n) is 5.34. The number of para-hydroxylation sites is 1. The fraction of sp³-hybridized carbons (Fsp3) is 0.125. The summed E-state index contributed by atoms with van der Waals surface area (Å²) in [5.74, 6) is 0.322. The average molecular weight is 389 g/mol. The van der Waals surface area contributed by atoms with Crippen molar-refractivity contribution in [3.8, 4) is 5.75 Å². The molecule has 0 spiro atoms. The van der Waals surface area contributed by atoms with Gasteiger partial charge in [-0.1, -0.05) is 23.3 Å². The van der Waals surface area contributed by atoms with Gasteiger partial charge in [-0.25, -0.2) is 9.59 Å². The van der Waals surface area contributed by atoms with Crippen LogP contribution in [0.4, 0.5) is 15.3 Å². The first-order valence-electron chi connectivity index (χ1n) is 7.72. The van der Waals surface area contributed by atoms with E-state index in [9.17, 15) is 19.7 Å². The highest BCUT2D eigenvalue weighted by molar-refractivity contribution is 5.71. The standard InChI is InChI=1S/C10H9N5O6.C6H6O/c16-9(17)13-5-8(11-12-14(13)10(18)19)6-1-3-7(4-2-6)15(20)21;7-6-4-2-1-3-5-6/h1-4,8H,5H2,(H,16,17)(H,18,19);1-5,7H. The molecule has 0 fully saturated rings. The molecule has 1 unspecified atom stereocenters. The summed E-state index contributed by atoms with van der Waals surface area (Å²) in [6, 6.07) is 13.3. The maximum atomic E-state index is 11.0. The largest absolute Gasteiger partial charge is 0.508 e. The molecule has 1 atom stereocenters. The summed E-state index contributed by atoms with van der Waals surface area (Å²) in [5, 5.41) is 44.7. The Morgan fingerprint density at radius 3 is 2.07 bits per heavy atom. The smallest absolute Gasteiger partial charge is 0.449 e. The number of phenols is 1. The lowest BCUT2D eigenvalue weighted by molar-refractivity contribution is -0.384. The Morgan fingerprint density at radius 2 is 1.64 bits per heavy atom. The number of nitrogens with zero attached hydrogens (tertiary/aromatic N) is 5. The van der Waals surface area contributed by atoms with Crippen molar-refractivity contribution in [3.63, 3.8) is 0 Å².